The summed E-state index contributed by atoms with van der Waals surface area (Å²) in [4.78, 5) is 34.9. The van der Waals surface area contributed by atoms with Crippen LogP contribution in [0.15, 0.2) is 84.9 Å². The monoisotopic (exact) mass is 616 g/mol. The molecule has 0 spiro atoms. The molecule has 11 nitrogen and oxygen atoms in total. The van der Waals surface area contributed by atoms with Gasteiger partial charge in [0, 0.05) is 23.8 Å². The lowest BCUT2D eigenvalue weighted by Crippen LogP contribution is -2.02. The fourth-order valence-corrected chi connectivity index (χ4v) is 4.44. The van der Waals surface area contributed by atoms with Crippen molar-refractivity contribution in [2.24, 2.45) is 0 Å². The number of aromatic hydroxyl groups is 1. The van der Waals surface area contributed by atoms with Crippen molar-refractivity contribution in [3.63, 3.8) is 0 Å². The Balaban J connectivity index is 0.000000248. The first kappa shape index (κ1) is 34.4. The molecule has 1 aromatic heterocycles. The molecule has 12 heteroatoms. The second-order valence-electron chi connectivity index (χ2n) is 8.12. The van der Waals surface area contributed by atoms with Crippen molar-refractivity contribution in [3.8, 4) is 39.6 Å². The molecule has 0 amide bonds. The van der Waals surface area contributed by atoms with Crippen molar-refractivity contribution in [1.29, 1.82) is 5.26 Å². The van der Waals surface area contributed by atoms with E-state index in [4.69, 9.17) is 30.1 Å². The Hall–Kier alpha value is -5.77. The second kappa shape index (κ2) is 17.9. The summed E-state index contributed by atoms with van der Waals surface area (Å²) in [6.45, 7) is 0. The molecule has 0 saturated heterocycles. The molecule has 226 valence electrons. The minimum Gasteiger partial charge on any atom is -0.508 e. The molecule has 5 rings (SSSR count). The Labute approximate surface area is 256 Å². The molecule has 5 aromatic rings. The molecule has 4 aromatic carbocycles. The summed E-state index contributed by atoms with van der Waals surface area (Å²) in [5.74, 6) is 1.89. The maximum absolute atomic E-state index is 10.2. The molecule has 44 heavy (non-hydrogen) atoms. The van der Waals surface area contributed by atoms with E-state index in [1.165, 1.54) is 36.4 Å². The maximum atomic E-state index is 10.2. The zero-order chi connectivity index (χ0) is 32.5. The van der Waals surface area contributed by atoms with Gasteiger partial charge in [-0.2, -0.15) is 5.26 Å². The molecular formula is C32H28N2O9S. The van der Waals surface area contributed by atoms with Crippen LogP contribution in [0.3, 0.4) is 0 Å². The molecule has 0 aliphatic heterocycles. The average molecular weight is 617 g/mol. The summed E-state index contributed by atoms with van der Waals surface area (Å²) in [5.41, 5.74) is 3.45. The van der Waals surface area contributed by atoms with Crippen LogP contribution in [0, 0.1) is 11.3 Å². The molecule has 0 unspecified atom stereocenters. The predicted octanol–water partition coefficient (Wildman–Crippen LogP) is 6.22. The molecule has 3 N–H and O–H groups in total. The van der Waals surface area contributed by atoms with Crippen molar-refractivity contribution in [1.82, 2.24) is 4.98 Å². The third-order valence-corrected chi connectivity index (χ3v) is 6.54. The molecule has 0 aliphatic rings. The van der Waals surface area contributed by atoms with Crippen molar-refractivity contribution in [2.45, 2.75) is 0 Å². The van der Waals surface area contributed by atoms with Gasteiger partial charge in [0.15, 0.2) is 0 Å². The van der Waals surface area contributed by atoms with Gasteiger partial charge in [0.2, 0.25) is 0 Å². The van der Waals surface area contributed by atoms with Crippen LogP contribution in [0.2, 0.25) is 0 Å². The number of fused-ring (bicyclic) bond motifs is 1. The van der Waals surface area contributed by atoms with E-state index in [-0.39, 0.29) is 11.5 Å². The van der Waals surface area contributed by atoms with E-state index in [2.05, 4.69) is 15.8 Å². The number of aliphatic hydroxyl groups excluding tert-OH is 1. The lowest BCUT2D eigenvalue weighted by Gasteiger charge is -2.03. The van der Waals surface area contributed by atoms with Gasteiger partial charge < -0.3 is 29.5 Å². The first-order valence-electron chi connectivity index (χ1n) is 12.5. The Morgan fingerprint density at radius 2 is 1.34 bits per heavy atom. The normalized spacial score (nSPS) is 9.34. The standard InChI is InChI=1S/C16H12N2O2S.C8H6O4.C7H6O2.CH4O/c1-19-12-7-8-13(20-2)15-14(12)18-16(21-15)11-5-3-10(9-17)4-6-11;9-5-6-1-3-7(4-2-6)12-8(10)11;8-5-6-1-3-7(9)4-2-6;1-2/h3-8H,1-2H3;1-5H,(H,10,11);1-5,9H;2H,1H3. The smallest absolute Gasteiger partial charge is 0.508 e. The summed E-state index contributed by atoms with van der Waals surface area (Å²) < 4.78 is 16.0. The third-order valence-electron chi connectivity index (χ3n) is 5.42. The zero-order valence-corrected chi connectivity index (χ0v) is 24.6. The first-order chi connectivity index (χ1) is 21.3. The molecule has 0 atom stereocenters. The molecule has 0 fully saturated rings. The minimum atomic E-state index is -1.37. The SMILES string of the molecule is CO.COc1ccc(OC)c2sc(-c3ccc(C#N)cc3)nc12.O=Cc1ccc(O)cc1.O=Cc1ccc(OC(=O)O)cc1. The molecular weight excluding hydrogens is 588 g/mol. The predicted molar refractivity (Wildman–Crippen MR) is 165 cm³/mol. The van der Waals surface area contributed by atoms with Crippen molar-refractivity contribution in [3.05, 3.63) is 102 Å². The quantitative estimate of drug-likeness (QED) is 0.112. The number of benzene rings is 4. The van der Waals surface area contributed by atoms with E-state index >= 15 is 0 Å². The van der Waals surface area contributed by atoms with Gasteiger partial charge in [0.25, 0.3) is 0 Å². The third kappa shape index (κ3) is 9.95. The lowest BCUT2D eigenvalue weighted by molar-refractivity contribution is 0.111. The van der Waals surface area contributed by atoms with Crippen LogP contribution < -0.4 is 14.2 Å². The maximum Gasteiger partial charge on any atom is 0.511 e. The average Bonchev–Trinajstić information content (AvgIpc) is 3.52. The number of carboxylic acid groups (broad SMARTS) is 1. The van der Waals surface area contributed by atoms with Crippen molar-refractivity contribution in [2.75, 3.05) is 21.3 Å². The number of hydrogen-bond donors (Lipinski definition) is 3. The van der Waals surface area contributed by atoms with Gasteiger partial charge in [-0.15, -0.1) is 11.3 Å². The Kier molecular flexibility index (Phi) is 14.0. The number of methoxy groups -OCH3 is 2. The summed E-state index contributed by atoms with van der Waals surface area (Å²) >= 11 is 1.55. The highest BCUT2D eigenvalue weighted by molar-refractivity contribution is 7.22. The van der Waals surface area contributed by atoms with Gasteiger partial charge in [-0.25, -0.2) is 9.78 Å². The van der Waals surface area contributed by atoms with E-state index in [0.717, 1.165) is 45.7 Å². The van der Waals surface area contributed by atoms with Crippen molar-refractivity contribution >= 4 is 40.3 Å². The summed E-state index contributed by atoms with van der Waals surface area (Å²) in [6.07, 6.45) is 0.0399. The number of phenolic OH excluding ortho intramolecular Hbond substituents is 1. The van der Waals surface area contributed by atoms with Gasteiger partial charge in [0.05, 0.1) is 25.9 Å². The summed E-state index contributed by atoms with van der Waals surface area (Å²) in [5, 5.41) is 33.7. The highest BCUT2D eigenvalue weighted by Crippen LogP contribution is 2.40. The largest absolute Gasteiger partial charge is 0.511 e. The fourth-order valence-electron chi connectivity index (χ4n) is 3.36. The van der Waals surface area contributed by atoms with Crippen LogP contribution in [-0.2, 0) is 0 Å². The van der Waals surface area contributed by atoms with Gasteiger partial charge in [-0.3, -0.25) is 9.59 Å². The number of carbonyl (C=O) groups is 3. The highest BCUT2D eigenvalue weighted by Gasteiger charge is 2.14. The van der Waals surface area contributed by atoms with Gasteiger partial charge in [-0.1, -0.05) is 12.1 Å². The van der Waals surface area contributed by atoms with Crippen LogP contribution in [0.1, 0.15) is 26.3 Å². The number of ether oxygens (including phenoxy) is 3. The number of hydrogen-bond acceptors (Lipinski definition) is 11. The molecule has 0 bridgehead atoms. The zero-order valence-electron chi connectivity index (χ0n) is 23.8. The van der Waals surface area contributed by atoms with Crippen LogP contribution >= 0.6 is 11.3 Å². The van der Waals surface area contributed by atoms with E-state index in [1.807, 2.05) is 24.3 Å². The Bertz CT molecular complexity index is 1650. The number of phenols is 1. The number of aliphatic hydroxyl groups is 1. The van der Waals surface area contributed by atoms with Crippen LogP contribution in [0.25, 0.3) is 20.8 Å². The second-order valence-corrected chi connectivity index (χ2v) is 9.12. The van der Waals surface area contributed by atoms with Crippen molar-refractivity contribution < 1.29 is 43.9 Å². The van der Waals surface area contributed by atoms with Crippen LogP contribution in [0.5, 0.6) is 23.0 Å². The minimum absolute atomic E-state index is 0.181. The van der Waals surface area contributed by atoms with E-state index in [9.17, 15) is 14.4 Å². The van der Waals surface area contributed by atoms with Crippen LogP contribution in [-0.4, -0.2) is 60.4 Å². The van der Waals surface area contributed by atoms with Crippen LogP contribution in [0.4, 0.5) is 4.79 Å². The number of carbonyl (C=O) groups excluding carboxylic acids is 2. The number of thiazole rings is 1. The van der Waals surface area contributed by atoms with Gasteiger partial charge in [-0.05, 0) is 72.8 Å². The number of nitriles is 1. The van der Waals surface area contributed by atoms with Gasteiger partial charge in [0.1, 0.15) is 50.8 Å². The Morgan fingerprint density at radius 3 is 1.82 bits per heavy atom. The molecule has 0 aliphatic carbocycles. The Morgan fingerprint density at radius 1 is 0.818 bits per heavy atom. The van der Waals surface area contributed by atoms with Gasteiger partial charge >= 0.3 is 6.16 Å². The number of aldehydes is 2. The highest BCUT2D eigenvalue weighted by atomic mass is 32.1. The number of rotatable bonds is 6. The van der Waals surface area contributed by atoms with E-state index in [1.54, 1.807) is 49.8 Å². The molecule has 0 saturated carbocycles. The topological polar surface area (TPSA) is 176 Å². The number of aromatic nitrogens is 1. The fraction of sp³-hybridized carbons (Fsp3) is 0.0938. The van der Waals surface area contributed by atoms with E-state index in [0.29, 0.717) is 23.0 Å². The lowest BCUT2D eigenvalue weighted by atomic mass is 10.1. The summed E-state index contributed by atoms with van der Waals surface area (Å²) in [7, 11) is 4.27. The first-order valence-corrected chi connectivity index (χ1v) is 13.3. The molecule has 0 radical (unpaired) electrons. The number of nitrogens with zero attached hydrogens (tertiary/aromatic N) is 2. The van der Waals surface area contributed by atoms with E-state index < -0.39 is 6.16 Å². The summed E-state index contributed by atoms with van der Waals surface area (Å²) in [6, 6.07) is 25.1. The molecule has 1 heterocycles.